The monoisotopic (exact) mass is 289 g/mol. The number of alkyl halides is 1. The SMILES string of the molecule is CC1OC(C)C(C(=O)N2CCC(Br)C2)C1C. The van der Waals surface area contributed by atoms with E-state index in [0.29, 0.717) is 10.7 Å². The van der Waals surface area contributed by atoms with E-state index in [1.807, 2.05) is 11.8 Å². The molecule has 2 aliphatic heterocycles. The molecule has 2 fully saturated rings. The smallest absolute Gasteiger partial charge is 0.228 e. The lowest BCUT2D eigenvalue weighted by molar-refractivity contribution is -0.136. The van der Waals surface area contributed by atoms with Crippen molar-refractivity contribution >= 4 is 21.8 Å². The highest BCUT2D eigenvalue weighted by molar-refractivity contribution is 9.09. The van der Waals surface area contributed by atoms with E-state index in [9.17, 15) is 4.79 Å². The van der Waals surface area contributed by atoms with Gasteiger partial charge in [0.05, 0.1) is 18.1 Å². The Kier molecular flexibility index (Phi) is 3.59. The third kappa shape index (κ3) is 2.14. The molecule has 0 aromatic rings. The maximum Gasteiger partial charge on any atom is 0.228 e. The van der Waals surface area contributed by atoms with Crippen molar-refractivity contribution in [1.29, 1.82) is 0 Å². The molecule has 0 aromatic heterocycles. The largest absolute Gasteiger partial charge is 0.374 e. The summed E-state index contributed by atoms with van der Waals surface area (Å²) in [5, 5.41) is 0. The maximum atomic E-state index is 12.4. The van der Waals surface area contributed by atoms with Gasteiger partial charge in [0.15, 0.2) is 0 Å². The van der Waals surface area contributed by atoms with Crippen molar-refractivity contribution in [3.8, 4) is 0 Å². The summed E-state index contributed by atoms with van der Waals surface area (Å²) < 4.78 is 5.73. The van der Waals surface area contributed by atoms with E-state index in [1.54, 1.807) is 0 Å². The second-order valence-corrected chi connectivity index (χ2v) is 6.40. The van der Waals surface area contributed by atoms with Gasteiger partial charge in [0.2, 0.25) is 5.91 Å². The first-order valence-electron chi connectivity index (χ1n) is 6.09. The summed E-state index contributed by atoms with van der Waals surface area (Å²) in [6, 6.07) is 0. The molecule has 0 N–H and O–H groups in total. The number of hydrogen-bond donors (Lipinski definition) is 0. The predicted molar refractivity (Wildman–Crippen MR) is 66.6 cm³/mol. The Hall–Kier alpha value is -0.0900. The first-order valence-corrected chi connectivity index (χ1v) is 7.00. The molecule has 5 unspecified atom stereocenters. The van der Waals surface area contributed by atoms with Gasteiger partial charge < -0.3 is 9.64 Å². The van der Waals surface area contributed by atoms with Crippen LogP contribution < -0.4 is 0 Å². The number of carbonyl (C=O) groups excluding carboxylic acids is 1. The molecule has 1 amide bonds. The fourth-order valence-electron chi connectivity index (χ4n) is 2.82. The minimum atomic E-state index is 0.0489. The fraction of sp³-hybridized carbons (Fsp3) is 0.917. The van der Waals surface area contributed by atoms with Crippen LogP contribution >= 0.6 is 15.9 Å². The Morgan fingerprint density at radius 1 is 1.31 bits per heavy atom. The first kappa shape index (κ1) is 12.4. The molecule has 4 heteroatoms. The van der Waals surface area contributed by atoms with E-state index < -0.39 is 0 Å². The summed E-state index contributed by atoms with van der Waals surface area (Å²) in [5.41, 5.74) is 0. The molecule has 0 aromatic carbocycles. The van der Waals surface area contributed by atoms with Crippen molar-refractivity contribution in [3.63, 3.8) is 0 Å². The molecular formula is C12H20BrNO2. The lowest BCUT2D eigenvalue weighted by Crippen LogP contribution is -2.39. The van der Waals surface area contributed by atoms with Gasteiger partial charge >= 0.3 is 0 Å². The highest BCUT2D eigenvalue weighted by Crippen LogP contribution is 2.34. The van der Waals surface area contributed by atoms with Gasteiger partial charge in [0.1, 0.15) is 0 Å². The van der Waals surface area contributed by atoms with Crippen LogP contribution in [0.2, 0.25) is 0 Å². The number of ether oxygens (including phenoxy) is 1. The summed E-state index contributed by atoms with van der Waals surface area (Å²) in [6.45, 7) is 7.94. The van der Waals surface area contributed by atoms with Crippen molar-refractivity contribution in [2.75, 3.05) is 13.1 Å². The van der Waals surface area contributed by atoms with Gasteiger partial charge in [-0.1, -0.05) is 22.9 Å². The van der Waals surface area contributed by atoms with E-state index in [2.05, 4.69) is 29.8 Å². The van der Waals surface area contributed by atoms with Gasteiger partial charge in [0, 0.05) is 17.9 Å². The van der Waals surface area contributed by atoms with Crippen LogP contribution in [-0.4, -0.2) is 40.9 Å². The molecule has 2 saturated heterocycles. The second-order valence-electron chi connectivity index (χ2n) is 5.10. The summed E-state index contributed by atoms with van der Waals surface area (Å²) in [5.74, 6) is 0.663. The number of amides is 1. The van der Waals surface area contributed by atoms with Gasteiger partial charge in [0.25, 0.3) is 0 Å². The molecule has 92 valence electrons. The molecular weight excluding hydrogens is 270 g/mol. The Morgan fingerprint density at radius 3 is 2.44 bits per heavy atom. The van der Waals surface area contributed by atoms with Crippen LogP contribution in [0.15, 0.2) is 0 Å². The summed E-state index contributed by atoms with van der Waals surface area (Å²) in [6.07, 6.45) is 1.33. The average Bonchev–Trinajstić information content (AvgIpc) is 2.73. The molecule has 0 saturated carbocycles. The predicted octanol–water partition coefficient (Wildman–Crippen LogP) is 2.04. The normalized spacial score (nSPS) is 44.0. The first-order chi connectivity index (χ1) is 7.50. The number of carbonyl (C=O) groups is 1. The van der Waals surface area contributed by atoms with E-state index >= 15 is 0 Å². The minimum Gasteiger partial charge on any atom is -0.374 e. The second kappa shape index (κ2) is 4.65. The molecule has 2 heterocycles. The van der Waals surface area contributed by atoms with Gasteiger partial charge in [-0.15, -0.1) is 0 Å². The molecule has 2 rings (SSSR count). The van der Waals surface area contributed by atoms with Gasteiger partial charge in [-0.25, -0.2) is 0 Å². The van der Waals surface area contributed by atoms with Crippen molar-refractivity contribution in [2.45, 2.75) is 44.2 Å². The zero-order valence-corrected chi connectivity index (χ0v) is 11.7. The van der Waals surface area contributed by atoms with Crippen LogP contribution in [0.4, 0.5) is 0 Å². The van der Waals surface area contributed by atoms with Crippen molar-refractivity contribution in [1.82, 2.24) is 4.90 Å². The summed E-state index contributed by atoms with van der Waals surface area (Å²) >= 11 is 3.57. The summed E-state index contributed by atoms with van der Waals surface area (Å²) in [7, 11) is 0. The molecule has 0 spiro atoms. The zero-order valence-electron chi connectivity index (χ0n) is 10.1. The van der Waals surface area contributed by atoms with Crippen LogP contribution in [0.5, 0.6) is 0 Å². The average molecular weight is 290 g/mol. The quantitative estimate of drug-likeness (QED) is 0.692. The molecule has 3 nitrogen and oxygen atoms in total. The van der Waals surface area contributed by atoms with Crippen molar-refractivity contribution < 1.29 is 9.53 Å². The van der Waals surface area contributed by atoms with Crippen LogP contribution in [0, 0.1) is 11.8 Å². The fourth-order valence-corrected chi connectivity index (χ4v) is 3.38. The number of hydrogen-bond acceptors (Lipinski definition) is 2. The highest BCUT2D eigenvalue weighted by Gasteiger charge is 2.44. The molecule has 16 heavy (non-hydrogen) atoms. The maximum absolute atomic E-state index is 12.4. The van der Waals surface area contributed by atoms with Crippen LogP contribution in [-0.2, 0) is 9.53 Å². The van der Waals surface area contributed by atoms with Crippen LogP contribution in [0.1, 0.15) is 27.2 Å². The van der Waals surface area contributed by atoms with E-state index in [0.717, 1.165) is 19.5 Å². The molecule has 0 aliphatic carbocycles. The Labute approximate surface area is 106 Å². The number of likely N-dealkylation sites (tertiary alicyclic amines) is 1. The lowest BCUT2D eigenvalue weighted by Gasteiger charge is -2.24. The Bertz CT molecular complexity index is 284. The van der Waals surface area contributed by atoms with Gasteiger partial charge in [-0.05, 0) is 26.2 Å². The van der Waals surface area contributed by atoms with E-state index in [-0.39, 0.29) is 24.0 Å². The molecule has 2 aliphatic rings. The molecule has 0 bridgehead atoms. The van der Waals surface area contributed by atoms with Crippen molar-refractivity contribution in [2.24, 2.45) is 11.8 Å². The topological polar surface area (TPSA) is 29.5 Å². The summed E-state index contributed by atoms with van der Waals surface area (Å²) in [4.78, 5) is 14.8. The third-order valence-corrected chi connectivity index (χ3v) is 4.72. The van der Waals surface area contributed by atoms with E-state index in [1.165, 1.54) is 0 Å². The highest BCUT2D eigenvalue weighted by atomic mass is 79.9. The van der Waals surface area contributed by atoms with Gasteiger partial charge in [-0.2, -0.15) is 0 Å². The Balaban J connectivity index is 2.04. The standard InChI is InChI=1S/C12H20BrNO2/c1-7-8(2)16-9(3)11(7)12(15)14-5-4-10(13)6-14/h7-11H,4-6H2,1-3H3. The Morgan fingerprint density at radius 2 is 2.00 bits per heavy atom. The zero-order chi connectivity index (χ0) is 11.9. The van der Waals surface area contributed by atoms with Crippen molar-refractivity contribution in [3.05, 3.63) is 0 Å². The number of nitrogens with zero attached hydrogens (tertiary/aromatic N) is 1. The minimum absolute atomic E-state index is 0.0489. The molecule has 5 atom stereocenters. The van der Waals surface area contributed by atoms with Gasteiger partial charge in [-0.3, -0.25) is 4.79 Å². The third-order valence-electron chi connectivity index (χ3n) is 3.97. The molecule has 0 radical (unpaired) electrons. The lowest BCUT2D eigenvalue weighted by atomic mass is 9.88. The number of rotatable bonds is 1. The van der Waals surface area contributed by atoms with Crippen LogP contribution in [0.25, 0.3) is 0 Å². The van der Waals surface area contributed by atoms with E-state index in [4.69, 9.17) is 4.74 Å². The van der Waals surface area contributed by atoms with Crippen LogP contribution in [0.3, 0.4) is 0 Å². The number of halogens is 1.